The van der Waals surface area contributed by atoms with Crippen molar-refractivity contribution in [1.29, 1.82) is 0 Å². The van der Waals surface area contributed by atoms with Crippen LogP contribution in [0.25, 0.3) is 5.76 Å². The third-order valence-electron chi connectivity index (χ3n) is 5.00. The summed E-state index contributed by atoms with van der Waals surface area (Å²) in [7, 11) is 0. The van der Waals surface area contributed by atoms with Crippen LogP contribution in [-0.4, -0.2) is 10.9 Å². The van der Waals surface area contributed by atoms with E-state index in [0.29, 0.717) is 35.8 Å². The van der Waals surface area contributed by atoms with E-state index in [0.717, 1.165) is 11.1 Å². The van der Waals surface area contributed by atoms with Crippen LogP contribution in [0.3, 0.4) is 0 Å². The molecular formula is C29H24O4. The predicted octanol–water partition coefficient (Wildman–Crippen LogP) is 6.63. The molecule has 4 aromatic rings. The van der Waals surface area contributed by atoms with E-state index in [9.17, 15) is 9.90 Å². The van der Waals surface area contributed by atoms with E-state index in [1.54, 1.807) is 42.5 Å². The van der Waals surface area contributed by atoms with Gasteiger partial charge in [-0.2, -0.15) is 0 Å². The second-order valence-electron chi connectivity index (χ2n) is 7.50. The van der Waals surface area contributed by atoms with Gasteiger partial charge in [-0.3, -0.25) is 4.79 Å². The zero-order valence-corrected chi connectivity index (χ0v) is 18.1. The minimum absolute atomic E-state index is 0.154. The number of benzene rings is 4. The van der Waals surface area contributed by atoms with Crippen molar-refractivity contribution in [2.45, 2.75) is 13.2 Å². The molecule has 0 fully saturated rings. The van der Waals surface area contributed by atoms with Gasteiger partial charge in [0.1, 0.15) is 30.5 Å². The first-order chi connectivity index (χ1) is 16.2. The molecule has 0 aliphatic heterocycles. The summed E-state index contributed by atoms with van der Waals surface area (Å²) < 4.78 is 11.9. The molecule has 4 nitrogen and oxygen atoms in total. The lowest BCUT2D eigenvalue weighted by atomic mass is 10.1. The third kappa shape index (κ3) is 6.34. The van der Waals surface area contributed by atoms with Crippen molar-refractivity contribution in [3.8, 4) is 11.5 Å². The Labute approximate surface area is 193 Å². The minimum Gasteiger partial charge on any atom is -0.507 e. The van der Waals surface area contributed by atoms with Crippen LogP contribution in [0.1, 0.15) is 27.0 Å². The zero-order chi connectivity index (χ0) is 22.9. The largest absolute Gasteiger partial charge is 0.507 e. The molecule has 4 aromatic carbocycles. The van der Waals surface area contributed by atoms with E-state index in [-0.39, 0.29) is 11.5 Å². The molecule has 0 bridgehead atoms. The van der Waals surface area contributed by atoms with Gasteiger partial charge in [-0.15, -0.1) is 0 Å². The summed E-state index contributed by atoms with van der Waals surface area (Å²) in [5, 5.41) is 10.7. The molecule has 0 saturated heterocycles. The van der Waals surface area contributed by atoms with Crippen molar-refractivity contribution < 1.29 is 19.4 Å². The predicted molar refractivity (Wildman–Crippen MR) is 129 cm³/mol. The molecular weight excluding hydrogens is 412 g/mol. The first-order valence-corrected chi connectivity index (χ1v) is 10.7. The highest BCUT2D eigenvalue weighted by Crippen LogP contribution is 2.28. The minimum atomic E-state index is -0.282. The van der Waals surface area contributed by atoms with Crippen LogP contribution in [-0.2, 0) is 13.2 Å². The number of hydrogen-bond donors (Lipinski definition) is 1. The maximum Gasteiger partial charge on any atom is 0.189 e. The fourth-order valence-electron chi connectivity index (χ4n) is 3.26. The van der Waals surface area contributed by atoms with Gasteiger partial charge < -0.3 is 14.6 Å². The van der Waals surface area contributed by atoms with Gasteiger partial charge in [0, 0.05) is 23.3 Å². The first kappa shape index (κ1) is 21.9. The quantitative estimate of drug-likeness (QED) is 0.182. The normalized spacial score (nSPS) is 11.1. The number of hydrogen-bond acceptors (Lipinski definition) is 4. The van der Waals surface area contributed by atoms with Crippen LogP contribution in [0, 0.1) is 0 Å². The van der Waals surface area contributed by atoms with Crippen molar-refractivity contribution in [2.75, 3.05) is 0 Å². The van der Waals surface area contributed by atoms with Crippen molar-refractivity contribution >= 4 is 11.5 Å². The van der Waals surface area contributed by atoms with Gasteiger partial charge in [0.2, 0.25) is 0 Å². The molecule has 0 aliphatic rings. The number of allylic oxidation sites excluding steroid dienone is 1. The molecule has 4 heteroatoms. The Balaban J connectivity index is 1.58. The fraction of sp³-hybridized carbons (Fsp3) is 0.0690. The summed E-state index contributed by atoms with van der Waals surface area (Å²) >= 11 is 0. The van der Waals surface area contributed by atoms with Gasteiger partial charge in [-0.25, -0.2) is 0 Å². The molecule has 0 heterocycles. The van der Waals surface area contributed by atoms with Crippen LogP contribution >= 0.6 is 0 Å². The van der Waals surface area contributed by atoms with E-state index >= 15 is 0 Å². The molecule has 4 rings (SSSR count). The van der Waals surface area contributed by atoms with E-state index in [1.807, 2.05) is 66.7 Å². The van der Waals surface area contributed by atoms with Crippen LogP contribution < -0.4 is 9.47 Å². The molecule has 33 heavy (non-hydrogen) atoms. The fourth-order valence-corrected chi connectivity index (χ4v) is 3.26. The summed E-state index contributed by atoms with van der Waals surface area (Å²) in [6.07, 6.45) is 1.21. The molecule has 0 atom stereocenters. The Bertz CT molecular complexity index is 1150. The van der Waals surface area contributed by atoms with Crippen LogP contribution in [0.4, 0.5) is 0 Å². The lowest BCUT2D eigenvalue weighted by Crippen LogP contribution is -2.00. The van der Waals surface area contributed by atoms with Gasteiger partial charge in [0.25, 0.3) is 0 Å². The number of carbonyl (C=O) groups excluding carboxylic acids is 1. The molecule has 1 N–H and O–H groups in total. The number of ether oxygens (including phenoxy) is 2. The second-order valence-corrected chi connectivity index (χ2v) is 7.50. The molecule has 0 spiro atoms. The topological polar surface area (TPSA) is 55.8 Å². The highest BCUT2D eigenvalue weighted by atomic mass is 16.5. The Hall–Kier alpha value is -4.31. The lowest BCUT2D eigenvalue weighted by molar-refractivity contribution is 0.104. The van der Waals surface area contributed by atoms with Gasteiger partial charge in [0.05, 0.1) is 0 Å². The third-order valence-corrected chi connectivity index (χ3v) is 5.00. The molecule has 0 aliphatic carbocycles. The molecule has 164 valence electrons. The Morgan fingerprint density at radius 3 is 1.58 bits per heavy atom. The van der Waals surface area contributed by atoms with E-state index in [4.69, 9.17) is 9.47 Å². The van der Waals surface area contributed by atoms with Crippen molar-refractivity contribution in [3.05, 3.63) is 138 Å². The maximum absolute atomic E-state index is 12.5. The lowest BCUT2D eigenvalue weighted by Gasteiger charge is -2.13. The van der Waals surface area contributed by atoms with Crippen LogP contribution in [0.15, 0.2) is 115 Å². The summed E-state index contributed by atoms with van der Waals surface area (Å²) in [6, 6.07) is 33.6. The Morgan fingerprint density at radius 2 is 1.09 bits per heavy atom. The highest BCUT2D eigenvalue weighted by molar-refractivity contribution is 6.07. The SMILES string of the molecule is O=C(/C=C(/O)c1cc(OCc2ccccc2)cc(OCc2ccccc2)c1)c1ccccc1. The number of ketones is 1. The average Bonchev–Trinajstić information content (AvgIpc) is 2.88. The number of rotatable bonds is 9. The van der Waals surface area contributed by atoms with E-state index in [2.05, 4.69) is 0 Å². The van der Waals surface area contributed by atoms with Gasteiger partial charge in [-0.1, -0.05) is 91.0 Å². The number of carbonyl (C=O) groups is 1. The number of aliphatic hydroxyl groups is 1. The van der Waals surface area contributed by atoms with Crippen LogP contribution in [0.5, 0.6) is 11.5 Å². The first-order valence-electron chi connectivity index (χ1n) is 10.7. The number of aliphatic hydroxyl groups excluding tert-OH is 1. The van der Waals surface area contributed by atoms with E-state index < -0.39 is 0 Å². The monoisotopic (exact) mass is 436 g/mol. The summed E-state index contributed by atoms with van der Waals surface area (Å²) in [5.41, 5.74) is 2.98. The van der Waals surface area contributed by atoms with Crippen molar-refractivity contribution in [2.24, 2.45) is 0 Å². The Kier molecular flexibility index (Phi) is 7.18. The summed E-state index contributed by atoms with van der Waals surface area (Å²) in [5.74, 6) is 0.632. The molecule has 0 amide bonds. The zero-order valence-electron chi connectivity index (χ0n) is 18.1. The Morgan fingerprint density at radius 1 is 0.636 bits per heavy atom. The molecule has 0 saturated carbocycles. The second kappa shape index (κ2) is 10.8. The smallest absolute Gasteiger partial charge is 0.189 e. The van der Waals surface area contributed by atoms with Crippen molar-refractivity contribution in [1.82, 2.24) is 0 Å². The summed E-state index contributed by atoms with van der Waals surface area (Å²) in [4.78, 5) is 12.5. The maximum atomic E-state index is 12.5. The highest BCUT2D eigenvalue weighted by Gasteiger charge is 2.10. The summed E-state index contributed by atoms with van der Waals surface area (Å²) in [6.45, 7) is 0.742. The van der Waals surface area contributed by atoms with Gasteiger partial charge in [0.15, 0.2) is 5.78 Å². The average molecular weight is 437 g/mol. The van der Waals surface area contributed by atoms with Gasteiger partial charge >= 0.3 is 0 Å². The van der Waals surface area contributed by atoms with Crippen LogP contribution in [0.2, 0.25) is 0 Å². The van der Waals surface area contributed by atoms with E-state index in [1.165, 1.54) is 6.08 Å². The molecule has 0 aromatic heterocycles. The van der Waals surface area contributed by atoms with Gasteiger partial charge in [-0.05, 0) is 23.3 Å². The molecule has 0 radical (unpaired) electrons. The van der Waals surface area contributed by atoms with Crippen molar-refractivity contribution in [3.63, 3.8) is 0 Å². The molecule has 0 unspecified atom stereocenters. The standard InChI is InChI=1S/C29H24O4/c30-28(24-14-8-3-9-15-24)19-29(31)25-16-26(32-20-22-10-4-1-5-11-22)18-27(17-25)33-21-23-12-6-2-7-13-23/h1-19,31H,20-21H2/b29-19+.